The largest absolute Gasteiger partial charge is 0.372 e. The highest BCUT2D eigenvalue weighted by molar-refractivity contribution is 8.16. The van der Waals surface area contributed by atoms with E-state index in [0.717, 1.165) is 30.0 Å². The zero-order valence-corrected chi connectivity index (χ0v) is 19.5. The molecule has 0 radical (unpaired) electrons. The molecule has 2 atom stereocenters. The fourth-order valence-electron chi connectivity index (χ4n) is 4.04. The number of hydrogen-bond donors (Lipinski definition) is 0. The first-order chi connectivity index (χ1) is 13.6. The minimum atomic E-state index is -3.07. The molecular formula is C21H31N3O3S2. The van der Waals surface area contributed by atoms with Crippen LogP contribution in [-0.4, -0.2) is 55.4 Å². The predicted octanol–water partition coefficient (Wildman–Crippen LogP) is 3.49. The number of nitrogens with zero attached hydrogens (tertiary/aromatic N) is 3. The zero-order valence-electron chi connectivity index (χ0n) is 17.9. The molecule has 29 heavy (non-hydrogen) atoms. The Labute approximate surface area is 178 Å². The highest BCUT2D eigenvalue weighted by Crippen LogP contribution is 2.42. The quantitative estimate of drug-likeness (QED) is 0.679. The molecule has 2 saturated heterocycles. The summed E-state index contributed by atoms with van der Waals surface area (Å²) in [5, 5.41) is 0.562. The fraction of sp³-hybridized carbons (Fsp3) is 0.619. The summed E-state index contributed by atoms with van der Waals surface area (Å²) < 4.78 is 24.5. The van der Waals surface area contributed by atoms with Crippen molar-refractivity contribution in [2.24, 2.45) is 10.9 Å². The van der Waals surface area contributed by atoms with Crippen LogP contribution < -0.4 is 9.80 Å². The van der Waals surface area contributed by atoms with Gasteiger partial charge in [-0.25, -0.2) is 8.42 Å². The summed E-state index contributed by atoms with van der Waals surface area (Å²) in [4.78, 5) is 21.1. The monoisotopic (exact) mass is 437 g/mol. The van der Waals surface area contributed by atoms with Gasteiger partial charge in [0.25, 0.3) is 0 Å². The molecule has 2 heterocycles. The SMILES string of the molecule is CCN(CC)c1ccc(N2C(=NC(=O)CC(C)C)S[C@@H]3CS(=O)(=O)C[C@H]32)c(C)c1. The molecule has 0 saturated carbocycles. The first kappa shape index (κ1) is 22.2. The van der Waals surface area contributed by atoms with Gasteiger partial charge in [0.15, 0.2) is 15.0 Å². The van der Waals surface area contributed by atoms with E-state index < -0.39 is 9.84 Å². The molecule has 8 heteroatoms. The van der Waals surface area contributed by atoms with Crippen LogP contribution in [0, 0.1) is 12.8 Å². The van der Waals surface area contributed by atoms with Crippen molar-refractivity contribution in [3.8, 4) is 0 Å². The Hall–Kier alpha value is -1.54. The van der Waals surface area contributed by atoms with Gasteiger partial charge in [0.05, 0.1) is 17.5 Å². The normalized spacial score (nSPS) is 24.3. The van der Waals surface area contributed by atoms with Crippen molar-refractivity contribution >= 4 is 44.0 Å². The maximum Gasteiger partial charge on any atom is 0.248 e. The fourth-order valence-corrected chi connectivity index (χ4v) is 7.97. The van der Waals surface area contributed by atoms with Gasteiger partial charge in [-0.1, -0.05) is 25.6 Å². The maximum atomic E-state index is 12.4. The number of fused-ring (bicyclic) bond motifs is 1. The van der Waals surface area contributed by atoms with Gasteiger partial charge in [0, 0.05) is 36.1 Å². The topological polar surface area (TPSA) is 70.0 Å². The number of rotatable bonds is 6. The molecule has 0 N–H and O–H groups in total. The molecule has 0 aromatic heterocycles. The number of carbonyl (C=O) groups excluding carboxylic acids is 1. The van der Waals surface area contributed by atoms with Crippen molar-refractivity contribution in [3.05, 3.63) is 23.8 Å². The van der Waals surface area contributed by atoms with Gasteiger partial charge < -0.3 is 9.80 Å². The lowest BCUT2D eigenvalue weighted by Gasteiger charge is -2.28. The van der Waals surface area contributed by atoms with E-state index in [0.29, 0.717) is 11.6 Å². The zero-order chi connectivity index (χ0) is 21.3. The van der Waals surface area contributed by atoms with Crippen LogP contribution in [0.5, 0.6) is 0 Å². The van der Waals surface area contributed by atoms with Gasteiger partial charge in [-0.15, -0.1) is 0 Å². The van der Waals surface area contributed by atoms with Crippen molar-refractivity contribution in [2.45, 2.75) is 52.3 Å². The van der Waals surface area contributed by atoms with Crippen molar-refractivity contribution in [1.82, 2.24) is 0 Å². The smallest absolute Gasteiger partial charge is 0.248 e. The number of sulfone groups is 1. The third-order valence-electron chi connectivity index (χ3n) is 5.44. The lowest BCUT2D eigenvalue weighted by atomic mass is 10.1. The van der Waals surface area contributed by atoms with Crippen LogP contribution in [0.2, 0.25) is 0 Å². The Bertz CT molecular complexity index is 908. The van der Waals surface area contributed by atoms with Crippen LogP contribution in [0.25, 0.3) is 0 Å². The molecule has 6 nitrogen and oxygen atoms in total. The van der Waals surface area contributed by atoms with Gasteiger partial charge in [0.2, 0.25) is 5.91 Å². The summed E-state index contributed by atoms with van der Waals surface area (Å²) in [5.74, 6) is 0.348. The summed E-state index contributed by atoms with van der Waals surface area (Å²) in [7, 11) is -3.07. The predicted molar refractivity (Wildman–Crippen MR) is 123 cm³/mol. The second-order valence-electron chi connectivity index (χ2n) is 8.20. The van der Waals surface area contributed by atoms with Crippen molar-refractivity contribution in [1.29, 1.82) is 0 Å². The number of benzene rings is 1. The minimum Gasteiger partial charge on any atom is -0.372 e. The second kappa shape index (κ2) is 8.68. The Morgan fingerprint density at radius 1 is 1.28 bits per heavy atom. The summed E-state index contributed by atoms with van der Waals surface area (Å²) >= 11 is 1.44. The van der Waals surface area contributed by atoms with Crippen LogP contribution in [0.15, 0.2) is 23.2 Å². The number of anilines is 2. The van der Waals surface area contributed by atoms with Gasteiger partial charge in [-0.3, -0.25) is 4.79 Å². The molecule has 160 valence electrons. The van der Waals surface area contributed by atoms with Gasteiger partial charge in [0.1, 0.15) is 0 Å². The Kier molecular flexibility index (Phi) is 6.63. The van der Waals surface area contributed by atoms with E-state index in [1.54, 1.807) is 0 Å². The molecule has 0 aliphatic carbocycles. The van der Waals surface area contributed by atoms with E-state index in [1.807, 2.05) is 31.7 Å². The van der Waals surface area contributed by atoms with Crippen LogP contribution in [0.4, 0.5) is 11.4 Å². The van der Waals surface area contributed by atoms with E-state index in [9.17, 15) is 13.2 Å². The molecule has 0 spiro atoms. The Morgan fingerprint density at radius 3 is 2.55 bits per heavy atom. The van der Waals surface area contributed by atoms with Gasteiger partial charge in [-0.2, -0.15) is 4.99 Å². The highest BCUT2D eigenvalue weighted by Gasteiger charge is 2.49. The molecule has 2 fully saturated rings. The third-order valence-corrected chi connectivity index (χ3v) is 8.65. The third kappa shape index (κ3) is 4.79. The average Bonchev–Trinajstić information content (AvgIpc) is 3.06. The van der Waals surface area contributed by atoms with E-state index >= 15 is 0 Å². The molecule has 0 bridgehead atoms. The molecule has 0 unspecified atom stereocenters. The average molecular weight is 438 g/mol. The van der Waals surface area contributed by atoms with E-state index in [2.05, 4.69) is 35.9 Å². The molecule has 1 aromatic rings. The molecule has 1 aromatic carbocycles. The van der Waals surface area contributed by atoms with E-state index in [-0.39, 0.29) is 34.6 Å². The summed E-state index contributed by atoms with van der Waals surface area (Å²) in [6, 6.07) is 6.08. The number of aliphatic imine (C=N–C) groups is 1. The standard InChI is InChI=1S/C21H31N3O3S2/c1-6-23(7-2)16-8-9-17(15(5)11-16)24-18-12-29(26,27)13-19(18)28-21(24)22-20(25)10-14(3)4/h8-9,11,14,18-19H,6-7,10,12-13H2,1-5H3/t18-,19-/m1/s1. The number of amides is 1. The maximum absolute atomic E-state index is 12.4. The molecule has 1 amide bonds. The molecule has 2 aliphatic heterocycles. The van der Waals surface area contributed by atoms with Gasteiger partial charge in [-0.05, 0) is 50.5 Å². The Morgan fingerprint density at radius 2 is 1.97 bits per heavy atom. The molecule has 2 aliphatic rings. The first-order valence-electron chi connectivity index (χ1n) is 10.3. The number of amidine groups is 1. The number of aryl methyl sites for hydroxylation is 1. The van der Waals surface area contributed by atoms with Crippen molar-refractivity contribution < 1.29 is 13.2 Å². The summed E-state index contributed by atoms with van der Waals surface area (Å²) in [6.45, 7) is 12.1. The van der Waals surface area contributed by atoms with Crippen LogP contribution in [-0.2, 0) is 14.6 Å². The molecular weight excluding hydrogens is 406 g/mol. The van der Waals surface area contributed by atoms with Crippen LogP contribution >= 0.6 is 11.8 Å². The van der Waals surface area contributed by atoms with Gasteiger partial charge >= 0.3 is 0 Å². The lowest BCUT2D eigenvalue weighted by Crippen LogP contribution is -2.38. The van der Waals surface area contributed by atoms with E-state index in [1.165, 1.54) is 11.8 Å². The number of hydrogen-bond acceptors (Lipinski definition) is 5. The number of carbonyl (C=O) groups is 1. The van der Waals surface area contributed by atoms with Crippen LogP contribution in [0.3, 0.4) is 0 Å². The first-order valence-corrected chi connectivity index (χ1v) is 13.0. The lowest BCUT2D eigenvalue weighted by molar-refractivity contribution is -0.118. The van der Waals surface area contributed by atoms with Crippen molar-refractivity contribution in [2.75, 3.05) is 34.4 Å². The van der Waals surface area contributed by atoms with Crippen LogP contribution in [0.1, 0.15) is 39.7 Å². The summed E-state index contributed by atoms with van der Waals surface area (Å²) in [5.41, 5.74) is 3.14. The highest BCUT2D eigenvalue weighted by atomic mass is 32.2. The number of thioether (sulfide) groups is 1. The summed E-state index contributed by atoms with van der Waals surface area (Å²) in [6.07, 6.45) is 0.394. The second-order valence-corrected chi connectivity index (χ2v) is 11.6. The van der Waals surface area contributed by atoms with E-state index in [4.69, 9.17) is 0 Å². The minimum absolute atomic E-state index is 0.0764. The van der Waals surface area contributed by atoms with Crippen molar-refractivity contribution in [3.63, 3.8) is 0 Å². The molecule has 3 rings (SSSR count). The Balaban J connectivity index is 1.99.